The fourth-order valence-electron chi connectivity index (χ4n) is 1.50. The minimum Gasteiger partial charge on any atom is -0.247 e. The third kappa shape index (κ3) is 6.33. The second-order valence-corrected chi connectivity index (χ2v) is 3.98. The van der Waals surface area contributed by atoms with Crippen LogP contribution in [0.2, 0.25) is 0 Å². The zero-order valence-electron chi connectivity index (χ0n) is 8.23. The Balaban J connectivity index is 3.43. The van der Waals surface area contributed by atoms with E-state index in [4.69, 9.17) is 0 Å². The summed E-state index contributed by atoms with van der Waals surface area (Å²) in [6, 6.07) is 0. The largest absolute Gasteiger partial charge is 0.247 e. The number of hydrogen-bond donors (Lipinski definition) is 0. The zero-order valence-corrected chi connectivity index (χ0v) is 8.23. The molecular formula is C10H21F. The molecule has 0 spiro atoms. The van der Waals surface area contributed by atoms with Crippen molar-refractivity contribution in [2.75, 3.05) is 0 Å². The van der Waals surface area contributed by atoms with Gasteiger partial charge in [0.1, 0.15) is 6.17 Å². The predicted octanol–water partition coefficient (Wildman–Crippen LogP) is 3.81. The van der Waals surface area contributed by atoms with Crippen molar-refractivity contribution in [2.24, 2.45) is 11.8 Å². The molecule has 0 radical (unpaired) electrons. The minimum atomic E-state index is -0.580. The molecule has 1 heteroatoms. The molecule has 0 aliphatic rings. The standard InChI is InChI=1S/C10H21F/c1-5-10(11)7-9(4)6-8(2)3/h8-10H,5-7H2,1-4H3. The van der Waals surface area contributed by atoms with Gasteiger partial charge in [0.2, 0.25) is 0 Å². The summed E-state index contributed by atoms with van der Waals surface area (Å²) >= 11 is 0. The molecule has 0 fully saturated rings. The molecule has 0 aliphatic heterocycles. The normalized spacial score (nSPS) is 16.9. The lowest BCUT2D eigenvalue weighted by molar-refractivity contribution is 0.252. The molecule has 0 bridgehead atoms. The molecule has 2 unspecified atom stereocenters. The van der Waals surface area contributed by atoms with E-state index < -0.39 is 6.17 Å². The van der Waals surface area contributed by atoms with Gasteiger partial charge in [-0.05, 0) is 31.1 Å². The van der Waals surface area contributed by atoms with Crippen LogP contribution in [0.15, 0.2) is 0 Å². The fraction of sp³-hybridized carbons (Fsp3) is 1.00. The first kappa shape index (κ1) is 10.9. The molecule has 0 saturated heterocycles. The molecular weight excluding hydrogens is 139 g/mol. The maximum Gasteiger partial charge on any atom is 0.100 e. The Morgan fingerprint density at radius 3 is 2.00 bits per heavy atom. The average Bonchev–Trinajstić information content (AvgIpc) is 1.85. The van der Waals surface area contributed by atoms with Crippen LogP contribution in [0, 0.1) is 11.8 Å². The summed E-state index contributed by atoms with van der Waals surface area (Å²) in [5.41, 5.74) is 0. The van der Waals surface area contributed by atoms with E-state index in [1.165, 1.54) is 0 Å². The van der Waals surface area contributed by atoms with E-state index in [0.29, 0.717) is 18.3 Å². The van der Waals surface area contributed by atoms with Crippen molar-refractivity contribution < 1.29 is 4.39 Å². The van der Waals surface area contributed by atoms with Crippen molar-refractivity contribution in [3.8, 4) is 0 Å². The third-order valence-corrected chi connectivity index (χ3v) is 1.97. The van der Waals surface area contributed by atoms with Crippen molar-refractivity contribution in [1.82, 2.24) is 0 Å². The number of halogens is 1. The van der Waals surface area contributed by atoms with Crippen LogP contribution in [0.4, 0.5) is 4.39 Å². The van der Waals surface area contributed by atoms with E-state index >= 15 is 0 Å². The highest BCUT2D eigenvalue weighted by molar-refractivity contribution is 4.61. The van der Waals surface area contributed by atoms with Crippen LogP contribution in [0.3, 0.4) is 0 Å². The molecule has 0 heterocycles. The van der Waals surface area contributed by atoms with Gasteiger partial charge < -0.3 is 0 Å². The summed E-state index contributed by atoms with van der Waals surface area (Å²) < 4.78 is 12.8. The van der Waals surface area contributed by atoms with Crippen LogP contribution in [-0.4, -0.2) is 6.17 Å². The number of alkyl halides is 1. The van der Waals surface area contributed by atoms with E-state index in [1.54, 1.807) is 0 Å². The Kier molecular flexibility index (Phi) is 5.53. The molecule has 2 atom stereocenters. The lowest BCUT2D eigenvalue weighted by Crippen LogP contribution is -2.08. The third-order valence-electron chi connectivity index (χ3n) is 1.97. The van der Waals surface area contributed by atoms with Gasteiger partial charge in [-0.15, -0.1) is 0 Å². The van der Waals surface area contributed by atoms with E-state index in [-0.39, 0.29) is 0 Å². The molecule has 0 aromatic carbocycles. The van der Waals surface area contributed by atoms with Crippen molar-refractivity contribution in [3.63, 3.8) is 0 Å². The molecule has 0 N–H and O–H groups in total. The Hall–Kier alpha value is -0.0700. The molecule has 0 rings (SSSR count). The second kappa shape index (κ2) is 5.56. The van der Waals surface area contributed by atoms with Crippen LogP contribution in [0.1, 0.15) is 47.0 Å². The maximum absolute atomic E-state index is 12.8. The van der Waals surface area contributed by atoms with Gasteiger partial charge in [0.25, 0.3) is 0 Å². The van der Waals surface area contributed by atoms with Crippen LogP contribution in [0.5, 0.6) is 0 Å². The first-order valence-corrected chi connectivity index (χ1v) is 4.70. The summed E-state index contributed by atoms with van der Waals surface area (Å²) in [6.07, 6.45) is 1.99. The van der Waals surface area contributed by atoms with Gasteiger partial charge in [-0.2, -0.15) is 0 Å². The molecule has 0 nitrogen and oxygen atoms in total. The summed E-state index contributed by atoms with van der Waals surface area (Å²) in [7, 11) is 0. The molecule has 0 aliphatic carbocycles. The second-order valence-electron chi connectivity index (χ2n) is 3.98. The lowest BCUT2D eigenvalue weighted by Gasteiger charge is -2.15. The Bertz CT molecular complexity index is 88.9. The maximum atomic E-state index is 12.8. The van der Waals surface area contributed by atoms with E-state index in [0.717, 1.165) is 12.8 Å². The Morgan fingerprint density at radius 2 is 1.64 bits per heavy atom. The van der Waals surface area contributed by atoms with Crippen LogP contribution < -0.4 is 0 Å². The van der Waals surface area contributed by atoms with Gasteiger partial charge >= 0.3 is 0 Å². The number of rotatable bonds is 5. The van der Waals surface area contributed by atoms with Crippen molar-refractivity contribution in [2.45, 2.75) is 53.1 Å². The quantitative estimate of drug-likeness (QED) is 0.573. The van der Waals surface area contributed by atoms with Crippen molar-refractivity contribution >= 4 is 0 Å². The average molecular weight is 160 g/mol. The van der Waals surface area contributed by atoms with E-state index in [9.17, 15) is 4.39 Å². The van der Waals surface area contributed by atoms with Gasteiger partial charge in [0.05, 0.1) is 0 Å². The first-order chi connectivity index (χ1) is 5.06. The lowest BCUT2D eigenvalue weighted by atomic mass is 9.93. The smallest absolute Gasteiger partial charge is 0.100 e. The van der Waals surface area contributed by atoms with Crippen LogP contribution in [0.25, 0.3) is 0 Å². The summed E-state index contributed by atoms with van der Waals surface area (Å²) in [5, 5.41) is 0. The monoisotopic (exact) mass is 160 g/mol. The highest BCUT2D eigenvalue weighted by Crippen LogP contribution is 2.18. The van der Waals surface area contributed by atoms with E-state index in [2.05, 4.69) is 20.8 Å². The molecule has 68 valence electrons. The Morgan fingerprint density at radius 1 is 1.09 bits per heavy atom. The van der Waals surface area contributed by atoms with Crippen LogP contribution >= 0.6 is 0 Å². The molecule has 0 saturated carbocycles. The SMILES string of the molecule is CCC(F)CC(C)CC(C)C. The first-order valence-electron chi connectivity index (χ1n) is 4.70. The highest BCUT2D eigenvalue weighted by Gasteiger charge is 2.10. The fourth-order valence-corrected chi connectivity index (χ4v) is 1.50. The summed E-state index contributed by atoms with van der Waals surface area (Å²) in [4.78, 5) is 0. The molecule has 0 aromatic rings. The van der Waals surface area contributed by atoms with Gasteiger partial charge in [-0.1, -0.05) is 27.7 Å². The van der Waals surface area contributed by atoms with Crippen molar-refractivity contribution in [1.29, 1.82) is 0 Å². The predicted molar refractivity (Wildman–Crippen MR) is 48.4 cm³/mol. The Labute approximate surface area is 70.2 Å². The molecule has 0 amide bonds. The van der Waals surface area contributed by atoms with Gasteiger partial charge in [0, 0.05) is 0 Å². The van der Waals surface area contributed by atoms with Gasteiger partial charge in [0.15, 0.2) is 0 Å². The van der Waals surface area contributed by atoms with Crippen molar-refractivity contribution in [3.05, 3.63) is 0 Å². The molecule has 0 aromatic heterocycles. The topological polar surface area (TPSA) is 0 Å². The summed E-state index contributed by atoms with van der Waals surface area (Å²) in [6.45, 7) is 8.43. The minimum absolute atomic E-state index is 0.546. The van der Waals surface area contributed by atoms with E-state index in [1.807, 2.05) is 6.92 Å². The molecule has 11 heavy (non-hydrogen) atoms. The summed E-state index contributed by atoms with van der Waals surface area (Å²) in [5.74, 6) is 1.25. The van der Waals surface area contributed by atoms with Gasteiger partial charge in [-0.3, -0.25) is 0 Å². The zero-order chi connectivity index (χ0) is 8.85. The van der Waals surface area contributed by atoms with Gasteiger partial charge in [-0.25, -0.2) is 4.39 Å². The van der Waals surface area contributed by atoms with Crippen LogP contribution in [-0.2, 0) is 0 Å². The number of hydrogen-bond acceptors (Lipinski definition) is 0. The highest BCUT2D eigenvalue weighted by atomic mass is 19.1.